The Morgan fingerprint density at radius 1 is 1.62 bits per heavy atom. The molecule has 0 radical (unpaired) electrons. The van der Waals surface area contributed by atoms with Crippen LogP contribution in [0.3, 0.4) is 0 Å². The number of aromatic nitrogens is 1. The van der Waals surface area contributed by atoms with Crippen molar-refractivity contribution in [3.63, 3.8) is 0 Å². The maximum absolute atomic E-state index is 11.9. The number of carbonyl (C=O) groups is 1. The third-order valence-electron chi connectivity index (χ3n) is 2.77. The van der Waals surface area contributed by atoms with Crippen LogP contribution in [0.5, 0.6) is 0 Å². The van der Waals surface area contributed by atoms with E-state index in [9.17, 15) is 4.79 Å². The lowest BCUT2D eigenvalue weighted by atomic mass is 9.94. The number of nitrogens with zero attached hydrogens (tertiary/aromatic N) is 1. The van der Waals surface area contributed by atoms with Gasteiger partial charge in [-0.15, -0.1) is 11.3 Å². The Morgan fingerprint density at radius 3 is 3.12 bits per heavy atom. The summed E-state index contributed by atoms with van der Waals surface area (Å²) in [5, 5.41) is 3.63. The second-order valence-corrected chi connectivity index (χ2v) is 5.07. The summed E-state index contributed by atoms with van der Waals surface area (Å²) >= 11 is 1.56. The number of hydrogen-bond donors (Lipinski definition) is 1. The topological polar surface area (TPSA) is 42.0 Å². The Labute approximate surface area is 99.6 Å². The summed E-state index contributed by atoms with van der Waals surface area (Å²) < 4.78 is 0. The number of hydrogen-bond acceptors (Lipinski definition) is 3. The van der Waals surface area contributed by atoms with Crippen LogP contribution in [0.25, 0.3) is 0 Å². The molecule has 0 saturated heterocycles. The molecule has 0 saturated carbocycles. The van der Waals surface area contributed by atoms with E-state index in [0.29, 0.717) is 0 Å². The number of allylic oxidation sites excluding steroid dienone is 2. The first-order valence-electron chi connectivity index (χ1n) is 5.70. The molecule has 1 heterocycles. The van der Waals surface area contributed by atoms with Crippen LogP contribution in [-0.2, 0) is 11.2 Å². The van der Waals surface area contributed by atoms with Gasteiger partial charge in [0, 0.05) is 17.0 Å². The van der Waals surface area contributed by atoms with Gasteiger partial charge >= 0.3 is 0 Å². The summed E-state index contributed by atoms with van der Waals surface area (Å²) in [7, 11) is 0. The van der Waals surface area contributed by atoms with Crippen molar-refractivity contribution >= 4 is 22.4 Å². The molecule has 2 rings (SSSR count). The quantitative estimate of drug-likeness (QED) is 0.820. The highest BCUT2D eigenvalue weighted by atomic mass is 32.1. The van der Waals surface area contributed by atoms with Crippen LogP contribution >= 0.6 is 11.3 Å². The lowest BCUT2D eigenvalue weighted by Gasteiger charge is -2.15. The predicted molar refractivity (Wildman–Crippen MR) is 66.6 cm³/mol. The fraction of sp³-hybridized carbons (Fsp3) is 0.500. The van der Waals surface area contributed by atoms with Crippen LogP contribution < -0.4 is 5.32 Å². The fourth-order valence-electron chi connectivity index (χ4n) is 1.77. The van der Waals surface area contributed by atoms with Gasteiger partial charge in [-0.25, -0.2) is 4.98 Å². The first kappa shape index (κ1) is 11.3. The van der Waals surface area contributed by atoms with Crippen molar-refractivity contribution in [1.82, 2.24) is 4.98 Å². The molecule has 1 aromatic rings. The zero-order chi connectivity index (χ0) is 11.4. The average Bonchev–Trinajstić information content (AvgIpc) is 2.78. The third kappa shape index (κ3) is 2.70. The van der Waals surface area contributed by atoms with Gasteiger partial charge in [-0.3, -0.25) is 4.79 Å². The van der Waals surface area contributed by atoms with Crippen LogP contribution in [0.15, 0.2) is 18.3 Å². The Balaban J connectivity index is 1.93. The zero-order valence-corrected chi connectivity index (χ0v) is 10.2. The summed E-state index contributed by atoms with van der Waals surface area (Å²) in [6.45, 7) is 2.09. The van der Waals surface area contributed by atoms with Crippen molar-refractivity contribution < 1.29 is 4.79 Å². The molecule has 1 unspecified atom stereocenters. The highest BCUT2D eigenvalue weighted by Gasteiger charge is 2.19. The largest absolute Gasteiger partial charge is 0.302 e. The van der Waals surface area contributed by atoms with E-state index in [1.54, 1.807) is 11.3 Å². The molecule has 0 spiro atoms. The number of nitrogens with one attached hydrogen (secondary N) is 1. The standard InChI is InChI=1S/C12H16N2OS/c1-2-10-8-13-12(16-10)14-11(15)9-6-4-3-5-7-9/h3-4,8-9H,2,5-7H2,1H3,(H,13,14,15). The molecule has 1 aliphatic rings. The second-order valence-electron chi connectivity index (χ2n) is 3.96. The molecule has 1 aliphatic carbocycles. The number of aryl methyl sites for hydroxylation is 1. The first-order chi connectivity index (χ1) is 7.79. The number of rotatable bonds is 3. The molecular formula is C12H16N2OS. The number of carbonyl (C=O) groups excluding carboxylic acids is 1. The Morgan fingerprint density at radius 2 is 2.50 bits per heavy atom. The second kappa shape index (κ2) is 5.25. The average molecular weight is 236 g/mol. The fourth-order valence-corrected chi connectivity index (χ4v) is 2.52. The number of thiazole rings is 1. The van der Waals surface area contributed by atoms with Crippen LogP contribution in [0, 0.1) is 5.92 Å². The molecule has 1 atom stereocenters. The molecule has 0 bridgehead atoms. The van der Waals surface area contributed by atoms with E-state index in [4.69, 9.17) is 0 Å². The van der Waals surface area contributed by atoms with Gasteiger partial charge in [-0.05, 0) is 25.7 Å². The molecule has 3 nitrogen and oxygen atoms in total. The van der Waals surface area contributed by atoms with Crippen LogP contribution in [0.2, 0.25) is 0 Å². The minimum Gasteiger partial charge on any atom is -0.302 e. The summed E-state index contributed by atoms with van der Waals surface area (Å²) in [6, 6.07) is 0. The van der Waals surface area contributed by atoms with Gasteiger partial charge in [0.2, 0.25) is 5.91 Å². The van der Waals surface area contributed by atoms with E-state index in [2.05, 4.69) is 29.4 Å². The van der Waals surface area contributed by atoms with Gasteiger partial charge in [0.1, 0.15) is 0 Å². The van der Waals surface area contributed by atoms with Gasteiger partial charge < -0.3 is 5.32 Å². The number of anilines is 1. The number of amides is 1. The van der Waals surface area contributed by atoms with E-state index in [0.717, 1.165) is 30.8 Å². The zero-order valence-electron chi connectivity index (χ0n) is 9.40. The Kier molecular flexibility index (Phi) is 3.72. The maximum Gasteiger partial charge on any atom is 0.229 e. The molecule has 1 aromatic heterocycles. The van der Waals surface area contributed by atoms with Crippen molar-refractivity contribution in [2.24, 2.45) is 5.92 Å². The smallest absolute Gasteiger partial charge is 0.229 e. The van der Waals surface area contributed by atoms with Crippen LogP contribution in [0.1, 0.15) is 31.1 Å². The predicted octanol–water partition coefficient (Wildman–Crippen LogP) is 3.00. The summed E-state index contributed by atoms with van der Waals surface area (Å²) in [6.07, 6.45) is 9.86. The monoisotopic (exact) mass is 236 g/mol. The summed E-state index contributed by atoms with van der Waals surface area (Å²) in [5.74, 6) is 0.236. The highest BCUT2D eigenvalue weighted by Crippen LogP contribution is 2.22. The van der Waals surface area contributed by atoms with E-state index in [-0.39, 0.29) is 11.8 Å². The van der Waals surface area contributed by atoms with Gasteiger partial charge in [0.25, 0.3) is 0 Å². The maximum atomic E-state index is 11.9. The van der Waals surface area contributed by atoms with E-state index < -0.39 is 0 Å². The highest BCUT2D eigenvalue weighted by molar-refractivity contribution is 7.15. The Bertz CT molecular complexity index is 397. The molecule has 4 heteroatoms. The van der Waals surface area contributed by atoms with Crippen molar-refractivity contribution in [2.45, 2.75) is 32.6 Å². The first-order valence-corrected chi connectivity index (χ1v) is 6.52. The third-order valence-corrected chi connectivity index (χ3v) is 3.83. The SMILES string of the molecule is CCc1cnc(NC(=O)C2CC=CCC2)s1. The minimum absolute atomic E-state index is 0.112. The van der Waals surface area contributed by atoms with Gasteiger partial charge in [0.05, 0.1) is 0 Å². The van der Waals surface area contributed by atoms with Gasteiger partial charge in [0.15, 0.2) is 5.13 Å². The lowest BCUT2D eigenvalue weighted by Crippen LogP contribution is -2.23. The van der Waals surface area contributed by atoms with E-state index in [1.807, 2.05) is 6.20 Å². The van der Waals surface area contributed by atoms with Gasteiger partial charge in [-0.1, -0.05) is 19.1 Å². The molecular weight excluding hydrogens is 220 g/mol. The van der Waals surface area contributed by atoms with Crippen molar-refractivity contribution in [2.75, 3.05) is 5.32 Å². The van der Waals surface area contributed by atoms with Crippen molar-refractivity contribution in [1.29, 1.82) is 0 Å². The van der Waals surface area contributed by atoms with Crippen molar-refractivity contribution in [3.05, 3.63) is 23.2 Å². The molecule has 1 N–H and O–H groups in total. The molecule has 0 aliphatic heterocycles. The van der Waals surface area contributed by atoms with E-state index >= 15 is 0 Å². The minimum atomic E-state index is 0.112. The normalized spacial score (nSPS) is 19.7. The Hall–Kier alpha value is -1.16. The molecule has 0 aromatic carbocycles. The molecule has 86 valence electrons. The lowest BCUT2D eigenvalue weighted by molar-refractivity contribution is -0.120. The van der Waals surface area contributed by atoms with Gasteiger partial charge in [-0.2, -0.15) is 0 Å². The van der Waals surface area contributed by atoms with Crippen LogP contribution in [0.4, 0.5) is 5.13 Å². The van der Waals surface area contributed by atoms with Crippen molar-refractivity contribution in [3.8, 4) is 0 Å². The van der Waals surface area contributed by atoms with Crippen LogP contribution in [-0.4, -0.2) is 10.9 Å². The molecule has 0 fully saturated rings. The summed E-state index contributed by atoms with van der Waals surface area (Å²) in [4.78, 5) is 17.3. The van der Waals surface area contributed by atoms with E-state index in [1.165, 1.54) is 4.88 Å². The summed E-state index contributed by atoms with van der Waals surface area (Å²) in [5.41, 5.74) is 0. The molecule has 16 heavy (non-hydrogen) atoms. The molecule has 1 amide bonds.